The highest BCUT2D eigenvalue weighted by Crippen LogP contribution is 2.25. The highest BCUT2D eigenvalue weighted by atomic mass is 16.5. The summed E-state index contributed by atoms with van der Waals surface area (Å²) in [6.07, 6.45) is 2.28. The van der Waals surface area contributed by atoms with Crippen LogP contribution in [0.15, 0.2) is 60.7 Å². The van der Waals surface area contributed by atoms with Gasteiger partial charge in [0.1, 0.15) is 12.4 Å². The Labute approximate surface area is 197 Å². The van der Waals surface area contributed by atoms with Gasteiger partial charge in [0.25, 0.3) is 0 Å². The van der Waals surface area contributed by atoms with Gasteiger partial charge in [-0.2, -0.15) is 0 Å². The third-order valence-electron chi connectivity index (χ3n) is 6.45. The molecular formula is C29H36O4. The van der Waals surface area contributed by atoms with Gasteiger partial charge in [-0.1, -0.05) is 61.5 Å². The second-order valence-electron chi connectivity index (χ2n) is 8.90. The Balaban J connectivity index is 1.52. The summed E-state index contributed by atoms with van der Waals surface area (Å²) in [7, 11) is 0. The van der Waals surface area contributed by atoms with Crippen LogP contribution in [-0.4, -0.2) is 28.0 Å². The van der Waals surface area contributed by atoms with Gasteiger partial charge in [-0.05, 0) is 78.1 Å². The van der Waals surface area contributed by atoms with Crippen LogP contribution in [0.3, 0.4) is 0 Å². The fourth-order valence-corrected chi connectivity index (χ4v) is 4.29. The number of rotatable bonds is 11. The number of hydrogen-bond donors (Lipinski definition) is 3. The van der Waals surface area contributed by atoms with Crippen molar-refractivity contribution < 1.29 is 20.1 Å². The first-order valence-electron chi connectivity index (χ1n) is 11.7. The van der Waals surface area contributed by atoms with Crippen molar-refractivity contribution in [1.82, 2.24) is 0 Å². The van der Waals surface area contributed by atoms with E-state index in [0.717, 1.165) is 47.3 Å². The van der Waals surface area contributed by atoms with Gasteiger partial charge in [-0.3, -0.25) is 0 Å². The third-order valence-corrected chi connectivity index (χ3v) is 6.45. The topological polar surface area (TPSA) is 69.9 Å². The molecular weight excluding hydrogens is 412 g/mol. The van der Waals surface area contributed by atoms with E-state index in [1.54, 1.807) is 0 Å². The van der Waals surface area contributed by atoms with Crippen LogP contribution < -0.4 is 4.74 Å². The average molecular weight is 449 g/mol. The zero-order chi connectivity index (χ0) is 23.8. The monoisotopic (exact) mass is 448 g/mol. The molecule has 0 fully saturated rings. The maximum atomic E-state index is 10.6. The normalized spacial score (nSPS) is 13.0. The molecule has 33 heavy (non-hydrogen) atoms. The van der Waals surface area contributed by atoms with Gasteiger partial charge in [0, 0.05) is 5.92 Å². The lowest BCUT2D eigenvalue weighted by Crippen LogP contribution is -2.24. The van der Waals surface area contributed by atoms with Crippen molar-refractivity contribution in [3.8, 4) is 5.75 Å². The lowest BCUT2D eigenvalue weighted by Gasteiger charge is -2.22. The third kappa shape index (κ3) is 6.67. The molecule has 176 valence electrons. The predicted molar refractivity (Wildman–Crippen MR) is 133 cm³/mol. The minimum Gasteiger partial charge on any atom is -0.491 e. The van der Waals surface area contributed by atoms with Crippen molar-refractivity contribution in [1.29, 1.82) is 0 Å². The molecule has 0 bridgehead atoms. The summed E-state index contributed by atoms with van der Waals surface area (Å²) in [6, 6.07) is 20.3. The molecule has 3 aromatic rings. The first kappa shape index (κ1) is 25.0. The second kappa shape index (κ2) is 12.0. The van der Waals surface area contributed by atoms with E-state index in [0.29, 0.717) is 0 Å². The van der Waals surface area contributed by atoms with E-state index >= 15 is 0 Å². The summed E-state index contributed by atoms with van der Waals surface area (Å²) < 4.78 is 5.96. The summed E-state index contributed by atoms with van der Waals surface area (Å²) in [6.45, 7) is 6.30. The second-order valence-corrected chi connectivity index (χ2v) is 8.90. The molecule has 2 unspecified atom stereocenters. The lowest BCUT2D eigenvalue weighted by molar-refractivity contribution is 0.0879. The van der Waals surface area contributed by atoms with E-state index in [2.05, 4.69) is 31.2 Å². The number of aliphatic hydroxyl groups is 3. The van der Waals surface area contributed by atoms with Gasteiger partial charge in [-0.15, -0.1) is 0 Å². The van der Waals surface area contributed by atoms with Crippen LogP contribution in [0, 0.1) is 13.8 Å². The maximum Gasteiger partial charge on any atom is 0.122 e. The van der Waals surface area contributed by atoms with Gasteiger partial charge in [0.05, 0.1) is 19.3 Å². The molecule has 0 aliphatic carbocycles. The van der Waals surface area contributed by atoms with Crippen LogP contribution in [0.1, 0.15) is 58.2 Å². The molecule has 0 spiro atoms. The Morgan fingerprint density at radius 3 is 2.12 bits per heavy atom. The Morgan fingerprint density at radius 1 is 0.788 bits per heavy atom. The number of benzene rings is 3. The van der Waals surface area contributed by atoms with Gasteiger partial charge in [-0.25, -0.2) is 0 Å². The predicted octanol–water partition coefficient (Wildman–Crippen LogP) is 5.01. The van der Waals surface area contributed by atoms with Crippen molar-refractivity contribution in [2.24, 2.45) is 0 Å². The van der Waals surface area contributed by atoms with Crippen LogP contribution in [0.25, 0.3) is 0 Å². The number of aliphatic hydroxyl groups excluding tert-OH is 3. The molecule has 0 amide bonds. The smallest absolute Gasteiger partial charge is 0.122 e. The first-order chi connectivity index (χ1) is 15.9. The van der Waals surface area contributed by atoms with Crippen molar-refractivity contribution in [3.63, 3.8) is 0 Å². The summed E-state index contributed by atoms with van der Waals surface area (Å²) in [5, 5.41) is 29.5. The highest BCUT2D eigenvalue weighted by Gasteiger charge is 2.19. The van der Waals surface area contributed by atoms with Gasteiger partial charge in [0.2, 0.25) is 0 Å². The fraction of sp³-hybridized carbons (Fsp3) is 0.379. The van der Waals surface area contributed by atoms with Gasteiger partial charge >= 0.3 is 0 Å². The summed E-state index contributed by atoms with van der Waals surface area (Å²) in [5.41, 5.74) is 7.40. The van der Waals surface area contributed by atoms with E-state index in [1.807, 2.05) is 50.2 Å². The van der Waals surface area contributed by atoms with Crippen LogP contribution in [0.5, 0.6) is 5.75 Å². The molecule has 0 saturated heterocycles. The van der Waals surface area contributed by atoms with E-state index in [-0.39, 0.29) is 25.7 Å². The SMILES string of the molecule is Cc1cc(CCCc2ccc(CO)c(CO)c2)ccc1OCC(O)C(C)c1ccccc1C. The average Bonchev–Trinajstić information content (AvgIpc) is 2.83. The van der Waals surface area contributed by atoms with Crippen LogP contribution in [-0.2, 0) is 26.1 Å². The molecule has 0 aliphatic heterocycles. The summed E-state index contributed by atoms with van der Waals surface area (Å²) >= 11 is 0. The molecule has 0 aliphatic rings. The van der Waals surface area contributed by atoms with Gasteiger partial charge < -0.3 is 20.1 Å². The molecule has 2 atom stereocenters. The number of ether oxygens (including phenoxy) is 1. The van der Waals surface area contributed by atoms with Crippen molar-refractivity contribution in [2.75, 3.05) is 6.61 Å². The molecule has 0 aromatic heterocycles. The number of hydrogen-bond acceptors (Lipinski definition) is 4. The van der Waals surface area contributed by atoms with E-state index in [4.69, 9.17) is 4.74 Å². The van der Waals surface area contributed by atoms with Crippen LogP contribution >= 0.6 is 0 Å². The van der Waals surface area contributed by atoms with E-state index in [1.165, 1.54) is 16.7 Å². The largest absolute Gasteiger partial charge is 0.491 e. The minimum absolute atomic E-state index is 0.00331. The molecule has 3 N–H and O–H groups in total. The molecule has 0 heterocycles. The molecule has 0 radical (unpaired) electrons. The van der Waals surface area contributed by atoms with E-state index in [9.17, 15) is 15.3 Å². The molecule has 3 rings (SSSR count). The van der Waals surface area contributed by atoms with Gasteiger partial charge in [0.15, 0.2) is 0 Å². The quantitative estimate of drug-likeness (QED) is 0.386. The Hall–Kier alpha value is -2.66. The Bertz CT molecular complexity index is 1040. The minimum atomic E-state index is -0.578. The van der Waals surface area contributed by atoms with Crippen molar-refractivity contribution in [2.45, 2.75) is 65.3 Å². The van der Waals surface area contributed by atoms with Crippen LogP contribution in [0.2, 0.25) is 0 Å². The fourth-order valence-electron chi connectivity index (χ4n) is 4.29. The van der Waals surface area contributed by atoms with E-state index < -0.39 is 6.10 Å². The molecule has 4 nitrogen and oxygen atoms in total. The summed E-state index contributed by atoms with van der Waals surface area (Å²) in [5.74, 6) is 0.811. The Morgan fingerprint density at radius 2 is 1.45 bits per heavy atom. The zero-order valence-corrected chi connectivity index (χ0v) is 19.9. The molecule has 0 saturated carbocycles. The Kier molecular flexibility index (Phi) is 9.07. The lowest BCUT2D eigenvalue weighted by atomic mass is 9.92. The highest BCUT2D eigenvalue weighted by molar-refractivity contribution is 5.37. The van der Waals surface area contributed by atoms with Crippen molar-refractivity contribution >= 4 is 0 Å². The van der Waals surface area contributed by atoms with Crippen LogP contribution in [0.4, 0.5) is 0 Å². The molecule has 4 heteroatoms. The first-order valence-corrected chi connectivity index (χ1v) is 11.7. The summed E-state index contributed by atoms with van der Waals surface area (Å²) in [4.78, 5) is 0. The standard InChI is InChI=1S/C29H36O4/c1-20-7-4-5-10-27(20)22(3)28(32)19-33-29-14-12-23(15-21(29)2)8-6-9-24-11-13-25(17-30)26(16-24)18-31/h4-5,7,10-16,22,28,30-32H,6,8-9,17-19H2,1-3H3. The molecule has 3 aromatic carbocycles. The zero-order valence-electron chi connectivity index (χ0n) is 19.9. The maximum absolute atomic E-state index is 10.6. The van der Waals surface area contributed by atoms with Crippen molar-refractivity contribution in [3.05, 3.63) is 99.6 Å². The number of aryl methyl sites for hydroxylation is 4.